The van der Waals surface area contributed by atoms with Crippen molar-refractivity contribution in [3.8, 4) is 10.8 Å². The molecule has 1 aromatic heterocycles. The van der Waals surface area contributed by atoms with Gasteiger partial charge in [0.15, 0.2) is 0 Å². The fourth-order valence-electron chi connectivity index (χ4n) is 1.72. The van der Waals surface area contributed by atoms with E-state index < -0.39 is 11.0 Å². The third kappa shape index (κ3) is 3.15. The number of thiophene rings is 1. The van der Waals surface area contributed by atoms with E-state index in [9.17, 15) is 15.2 Å². The van der Waals surface area contributed by atoms with E-state index in [2.05, 4.69) is 0 Å². The van der Waals surface area contributed by atoms with Crippen LogP contribution in [0.3, 0.4) is 0 Å². The molecule has 0 amide bonds. The summed E-state index contributed by atoms with van der Waals surface area (Å²) in [6.45, 7) is 3.59. The Morgan fingerprint density at radius 1 is 1.45 bits per heavy atom. The fraction of sp³-hybridized carbons (Fsp3) is 0.286. The Bertz CT molecular complexity index is 621. The smallest absolute Gasteiger partial charge is 0.323 e. The first-order valence-electron chi connectivity index (χ1n) is 6.24. The highest BCUT2D eigenvalue weighted by molar-refractivity contribution is 7.14. The van der Waals surface area contributed by atoms with Crippen LogP contribution in [0.1, 0.15) is 30.4 Å². The Morgan fingerprint density at radius 3 is 2.80 bits per heavy atom. The lowest BCUT2D eigenvalue weighted by molar-refractivity contribution is -0.385. The summed E-state index contributed by atoms with van der Waals surface area (Å²) < 4.78 is 5.61. The highest BCUT2D eigenvalue weighted by Crippen LogP contribution is 2.41. The van der Waals surface area contributed by atoms with Crippen molar-refractivity contribution in [2.75, 3.05) is 0 Å². The van der Waals surface area contributed by atoms with Crippen LogP contribution >= 0.6 is 11.3 Å². The van der Waals surface area contributed by atoms with Crippen molar-refractivity contribution in [1.82, 2.24) is 0 Å². The second-order valence-electron chi connectivity index (χ2n) is 4.36. The number of nitro groups is 1. The van der Waals surface area contributed by atoms with Gasteiger partial charge in [0.2, 0.25) is 0 Å². The van der Waals surface area contributed by atoms with Crippen LogP contribution < -0.4 is 4.74 Å². The lowest BCUT2D eigenvalue weighted by Gasteiger charge is -2.04. The van der Waals surface area contributed by atoms with Crippen LogP contribution in [0, 0.1) is 10.1 Å². The highest BCUT2D eigenvalue weighted by atomic mass is 32.1. The number of aliphatic hydroxyl groups excluding tert-OH is 1. The largest absolute Gasteiger partial charge is 0.440 e. The molecule has 0 aliphatic heterocycles. The molecule has 1 aromatic carbocycles. The molecule has 1 N–H and O–H groups in total. The molecule has 2 rings (SSSR count). The average Bonchev–Trinajstić information content (AvgIpc) is 2.83. The molecule has 0 aliphatic rings. The zero-order valence-electron chi connectivity index (χ0n) is 11.2. The molecule has 6 heteroatoms. The number of nitrogens with zero attached hydrogens (tertiary/aromatic N) is 1. The molecule has 0 fully saturated rings. The Labute approximate surface area is 120 Å². The molecule has 1 heterocycles. The van der Waals surface area contributed by atoms with E-state index in [-0.39, 0.29) is 10.8 Å². The molecule has 106 valence electrons. The van der Waals surface area contributed by atoms with Gasteiger partial charge in [-0.2, -0.15) is 0 Å². The van der Waals surface area contributed by atoms with Gasteiger partial charge in [-0.25, -0.2) is 0 Å². The predicted octanol–water partition coefficient (Wildman–Crippen LogP) is 4.06. The van der Waals surface area contributed by atoms with E-state index in [4.69, 9.17) is 4.74 Å². The summed E-state index contributed by atoms with van der Waals surface area (Å²) in [6.07, 6.45) is 0.112. The molecule has 0 saturated heterocycles. The molecule has 0 bridgehead atoms. The van der Waals surface area contributed by atoms with Crippen molar-refractivity contribution in [3.63, 3.8) is 0 Å². The standard InChI is InChI=1S/C14H15NO4S/c1-3-10-5-4-6-11(7-10)19-14-12(15(17)18)8-13(20-14)9(2)16/h4-9,16H,3H2,1-2H3. The van der Waals surface area contributed by atoms with E-state index in [0.717, 1.165) is 23.3 Å². The molecule has 0 spiro atoms. The van der Waals surface area contributed by atoms with E-state index in [1.54, 1.807) is 13.0 Å². The maximum Gasteiger partial charge on any atom is 0.323 e. The molecule has 0 radical (unpaired) electrons. The summed E-state index contributed by atoms with van der Waals surface area (Å²) >= 11 is 1.09. The SMILES string of the molecule is CCc1cccc(Oc2sc(C(C)O)cc2[N+](=O)[O-])c1. The summed E-state index contributed by atoms with van der Waals surface area (Å²) in [7, 11) is 0. The first kappa shape index (κ1) is 14.5. The second-order valence-corrected chi connectivity index (χ2v) is 5.40. The van der Waals surface area contributed by atoms with Crippen LogP contribution in [0.15, 0.2) is 30.3 Å². The first-order valence-corrected chi connectivity index (χ1v) is 7.06. The van der Waals surface area contributed by atoms with E-state index >= 15 is 0 Å². The van der Waals surface area contributed by atoms with Gasteiger partial charge in [-0.05, 0) is 31.0 Å². The summed E-state index contributed by atoms with van der Waals surface area (Å²) in [5.41, 5.74) is 0.977. The van der Waals surface area contributed by atoms with Crippen LogP contribution in [0.4, 0.5) is 5.69 Å². The van der Waals surface area contributed by atoms with Crippen molar-refractivity contribution < 1.29 is 14.8 Å². The number of hydrogen-bond donors (Lipinski definition) is 1. The zero-order valence-corrected chi connectivity index (χ0v) is 12.0. The molecule has 1 atom stereocenters. The minimum atomic E-state index is -0.752. The fourth-order valence-corrected chi connectivity index (χ4v) is 2.66. The lowest BCUT2D eigenvalue weighted by atomic mass is 10.2. The minimum absolute atomic E-state index is 0.118. The van der Waals surface area contributed by atoms with Crippen LogP contribution in [0.2, 0.25) is 0 Å². The topological polar surface area (TPSA) is 72.6 Å². The van der Waals surface area contributed by atoms with Gasteiger partial charge >= 0.3 is 5.69 Å². The monoisotopic (exact) mass is 293 g/mol. The molecular formula is C14H15NO4S. The summed E-state index contributed by atoms with van der Waals surface area (Å²) in [5, 5.41) is 20.7. The molecular weight excluding hydrogens is 278 g/mol. The highest BCUT2D eigenvalue weighted by Gasteiger charge is 2.23. The number of hydrogen-bond acceptors (Lipinski definition) is 5. The molecule has 0 saturated carbocycles. The Morgan fingerprint density at radius 2 is 2.20 bits per heavy atom. The molecule has 2 aromatic rings. The van der Waals surface area contributed by atoms with Gasteiger partial charge in [0.25, 0.3) is 5.06 Å². The van der Waals surface area contributed by atoms with Crippen LogP contribution in [0.5, 0.6) is 10.8 Å². The van der Waals surface area contributed by atoms with Crippen molar-refractivity contribution in [3.05, 3.63) is 50.9 Å². The third-order valence-electron chi connectivity index (χ3n) is 2.82. The van der Waals surface area contributed by atoms with Crippen LogP contribution in [0.25, 0.3) is 0 Å². The average molecular weight is 293 g/mol. The number of aryl methyl sites for hydroxylation is 1. The molecule has 1 unspecified atom stereocenters. The Hall–Kier alpha value is -1.92. The normalized spacial score (nSPS) is 12.2. The number of benzene rings is 1. The quantitative estimate of drug-likeness (QED) is 0.666. The van der Waals surface area contributed by atoms with Crippen LogP contribution in [-0.4, -0.2) is 10.0 Å². The van der Waals surface area contributed by atoms with Gasteiger partial charge < -0.3 is 9.84 Å². The first-order chi connectivity index (χ1) is 9.51. The number of aliphatic hydroxyl groups is 1. The van der Waals surface area contributed by atoms with Crippen molar-refractivity contribution in [2.45, 2.75) is 26.4 Å². The number of ether oxygens (including phenoxy) is 1. The summed E-state index contributed by atoms with van der Waals surface area (Å²) in [5.74, 6) is 0.562. The zero-order chi connectivity index (χ0) is 14.7. The van der Waals surface area contributed by atoms with Gasteiger partial charge in [-0.1, -0.05) is 30.4 Å². The Kier molecular flexibility index (Phi) is 4.36. The van der Waals surface area contributed by atoms with Gasteiger partial charge in [-0.15, -0.1) is 0 Å². The molecule has 5 nitrogen and oxygen atoms in total. The van der Waals surface area contributed by atoms with Crippen molar-refractivity contribution in [1.29, 1.82) is 0 Å². The van der Waals surface area contributed by atoms with E-state index in [1.807, 2.05) is 25.1 Å². The van der Waals surface area contributed by atoms with Gasteiger partial charge in [0, 0.05) is 10.9 Å². The van der Waals surface area contributed by atoms with Crippen molar-refractivity contribution >= 4 is 17.0 Å². The van der Waals surface area contributed by atoms with E-state index in [0.29, 0.717) is 10.6 Å². The third-order valence-corrected chi connectivity index (χ3v) is 4.00. The predicted molar refractivity (Wildman–Crippen MR) is 77.5 cm³/mol. The maximum atomic E-state index is 11.0. The second kappa shape index (κ2) is 6.02. The molecule has 0 aliphatic carbocycles. The Balaban J connectivity index is 2.34. The summed E-state index contributed by atoms with van der Waals surface area (Å²) in [6, 6.07) is 8.78. The van der Waals surface area contributed by atoms with Gasteiger partial charge in [0.05, 0.1) is 11.0 Å². The lowest BCUT2D eigenvalue weighted by Crippen LogP contribution is -1.90. The summed E-state index contributed by atoms with van der Waals surface area (Å²) in [4.78, 5) is 11.0. The van der Waals surface area contributed by atoms with Gasteiger partial charge in [-0.3, -0.25) is 10.1 Å². The minimum Gasteiger partial charge on any atom is -0.440 e. The van der Waals surface area contributed by atoms with Crippen LogP contribution in [-0.2, 0) is 6.42 Å². The van der Waals surface area contributed by atoms with E-state index in [1.165, 1.54) is 6.07 Å². The van der Waals surface area contributed by atoms with Gasteiger partial charge in [0.1, 0.15) is 5.75 Å². The van der Waals surface area contributed by atoms with Crippen molar-refractivity contribution in [2.24, 2.45) is 0 Å². The molecule has 20 heavy (non-hydrogen) atoms. The number of rotatable bonds is 5. The maximum absolute atomic E-state index is 11.0.